The number of carbonyl (C=O) groups excluding carboxylic acids is 1. The van der Waals surface area contributed by atoms with Gasteiger partial charge in [-0.3, -0.25) is 20.2 Å². The van der Waals surface area contributed by atoms with Crippen LogP contribution in [0.15, 0.2) is 52.7 Å². The first-order chi connectivity index (χ1) is 12.8. The van der Waals surface area contributed by atoms with Crippen molar-refractivity contribution in [1.29, 1.82) is 0 Å². The number of non-ortho nitro benzene ring substituents is 1. The number of aliphatic hydroxyl groups excluding tert-OH is 1. The molecule has 27 heavy (non-hydrogen) atoms. The van der Waals surface area contributed by atoms with Gasteiger partial charge in [0.05, 0.1) is 28.7 Å². The Hall–Kier alpha value is -3.73. The van der Waals surface area contributed by atoms with Crippen molar-refractivity contribution in [2.45, 2.75) is 12.5 Å². The summed E-state index contributed by atoms with van der Waals surface area (Å²) in [6.45, 7) is 0. The second kappa shape index (κ2) is 8.58. The van der Waals surface area contributed by atoms with E-state index in [1.165, 1.54) is 7.11 Å². The largest absolute Gasteiger partial charge is 0.467 e. The van der Waals surface area contributed by atoms with Crippen LogP contribution in [0, 0.1) is 20.2 Å². The van der Waals surface area contributed by atoms with E-state index in [9.17, 15) is 30.1 Å². The minimum atomic E-state index is -1.29. The van der Waals surface area contributed by atoms with Crippen molar-refractivity contribution < 1.29 is 24.5 Å². The van der Waals surface area contributed by atoms with Crippen molar-refractivity contribution >= 4 is 28.7 Å². The average molecular weight is 374 g/mol. The zero-order valence-corrected chi connectivity index (χ0v) is 14.0. The Morgan fingerprint density at radius 3 is 2.33 bits per heavy atom. The zero-order valence-electron chi connectivity index (χ0n) is 14.0. The van der Waals surface area contributed by atoms with Crippen molar-refractivity contribution in [3.05, 3.63) is 68.3 Å². The Bertz CT molecular complexity index is 896. The molecule has 0 heterocycles. The summed E-state index contributed by atoms with van der Waals surface area (Å²) in [7, 11) is 1.17. The highest BCUT2D eigenvalue weighted by molar-refractivity contribution is 5.74. The number of methoxy groups -OCH3 is 1. The third-order valence-electron chi connectivity index (χ3n) is 3.48. The molecular formula is C16H14N4O7. The van der Waals surface area contributed by atoms with Gasteiger partial charge in [-0.1, -0.05) is 12.1 Å². The molecule has 1 atom stereocenters. The van der Waals surface area contributed by atoms with E-state index >= 15 is 0 Å². The number of nitro benzene ring substituents is 2. The summed E-state index contributed by atoms with van der Waals surface area (Å²) in [6, 6.07) is 9.33. The van der Waals surface area contributed by atoms with Gasteiger partial charge in [0.1, 0.15) is 0 Å². The number of hydrogen-bond donors (Lipinski definition) is 1. The molecule has 0 aliphatic rings. The van der Waals surface area contributed by atoms with Crippen LogP contribution in [0.1, 0.15) is 5.56 Å². The predicted molar refractivity (Wildman–Crippen MR) is 92.1 cm³/mol. The lowest BCUT2D eigenvalue weighted by atomic mass is 10.1. The van der Waals surface area contributed by atoms with Crippen LogP contribution in [0.25, 0.3) is 0 Å². The first-order valence-corrected chi connectivity index (χ1v) is 7.51. The number of azo groups is 1. The lowest BCUT2D eigenvalue weighted by Crippen LogP contribution is -2.23. The van der Waals surface area contributed by atoms with E-state index in [1.54, 1.807) is 24.3 Å². The highest BCUT2D eigenvalue weighted by Crippen LogP contribution is 2.32. The van der Waals surface area contributed by atoms with Crippen LogP contribution >= 0.6 is 0 Å². The molecule has 0 saturated carbocycles. The number of nitrogens with zero attached hydrogens (tertiary/aromatic N) is 4. The molecule has 11 heteroatoms. The first kappa shape index (κ1) is 19.6. The zero-order chi connectivity index (χ0) is 20.0. The van der Waals surface area contributed by atoms with Gasteiger partial charge < -0.3 is 9.84 Å². The maximum Gasteiger partial charge on any atom is 0.335 e. The van der Waals surface area contributed by atoms with E-state index in [1.807, 2.05) is 0 Å². The first-order valence-electron chi connectivity index (χ1n) is 7.51. The minimum absolute atomic E-state index is 0.0535. The molecule has 1 N–H and O–H groups in total. The molecule has 0 unspecified atom stereocenters. The summed E-state index contributed by atoms with van der Waals surface area (Å²) in [4.78, 5) is 31.4. The maximum absolute atomic E-state index is 11.2. The highest BCUT2D eigenvalue weighted by atomic mass is 16.6. The van der Waals surface area contributed by atoms with Gasteiger partial charge in [0.25, 0.3) is 5.69 Å². The number of carbonyl (C=O) groups is 1. The van der Waals surface area contributed by atoms with E-state index < -0.39 is 33.3 Å². The summed E-state index contributed by atoms with van der Waals surface area (Å²) in [6.07, 6.45) is -1.23. The van der Waals surface area contributed by atoms with Crippen molar-refractivity contribution in [2.75, 3.05) is 7.11 Å². The van der Waals surface area contributed by atoms with Crippen LogP contribution in [-0.4, -0.2) is 34.1 Å². The third kappa shape index (κ3) is 5.12. The summed E-state index contributed by atoms with van der Waals surface area (Å²) >= 11 is 0. The number of benzene rings is 2. The van der Waals surface area contributed by atoms with Gasteiger partial charge in [-0.05, 0) is 23.8 Å². The lowest BCUT2D eigenvalue weighted by molar-refractivity contribution is -0.393. The van der Waals surface area contributed by atoms with E-state index in [0.29, 0.717) is 11.3 Å². The average Bonchev–Trinajstić information content (AvgIpc) is 2.66. The molecule has 11 nitrogen and oxygen atoms in total. The summed E-state index contributed by atoms with van der Waals surface area (Å²) in [5, 5.41) is 39.0. The molecule has 0 amide bonds. The number of esters is 1. The molecule has 0 aromatic heterocycles. The summed E-state index contributed by atoms with van der Waals surface area (Å²) in [5.41, 5.74) is -0.0807. The maximum atomic E-state index is 11.2. The standard InChI is InChI=1S/C16H14N4O7/c1-27-16(22)15(21)8-10-2-4-11(5-3-10)17-18-13-7-6-12(19(23)24)9-14(13)20(25)26/h2-7,9,15,21H,8H2,1H3/t15-/m1/s1. The van der Waals surface area contributed by atoms with Gasteiger partial charge in [0.2, 0.25) is 0 Å². The van der Waals surface area contributed by atoms with Gasteiger partial charge in [-0.15, -0.1) is 5.11 Å². The molecule has 2 aromatic rings. The van der Waals surface area contributed by atoms with E-state index in [-0.39, 0.29) is 12.1 Å². The Morgan fingerprint density at radius 1 is 1.11 bits per heavy atom. The van der Waals surface area contributed by atoms with Crippen LogP contribution in [0.2, 0.25) is 0 Å². The van der Waals surface area contributed by atoms with Gasteiger partial charge >= 0.3 is 11.7 Å². The van der Waals surface area contributed by atoms with Crippen molar-refractivity contribution in [3.63, 3.8) is 0 Å². The van der Waals surface area contributed by atoms with Crippen molar-refractivity contribution in [3.8, 4) is 0 Å². The molecule has 0 aliphatic heterocycles. The van der Waals surface area contributed by atoms with Crippen molar-refractivity contribution in [2.24, 2.45) is 10.2 Å². The quantitative estimate of drug-likeness (QED) is 0.337. The fourth-order valence-electron chi connectivity index (χ4n) is 2.11. The molecule has 0 aliphatic carbocycles. The van der Waals surface area contributed by atoms with Crippen molar-refractivity contribution in [1.82, 2.24) is 0 Å². The fraction of sp³-hybridized carbons (Fsp3) is 0.188. The molecular weight excluding hydrogens is 360 g/mol. The van der Waals surface area contributed by atoms with E-state index in [0.717, 1.165) is 18.2 Å². The Balaban J connectivity index is 2.17. The van der Waals surface area contributed by atoms with Crippen LogP contribution in [0.4, 0.5) is 22.7 Å². The van der Waals surface area contributed by atoms with E-state index in [4.69, 9.17) is 0 Å². The summed E-state index contributed by atoms with van der Waals surface area (Å²) in [5.74, 6) is -0.746. The predicted octanol–water partition coefficient (Wildman–Crippen LogP) is 2.99. The molecule has 0 fully saturated rings. The molecule has 140 valence electrons. The van der Waals surface area contributed by atoms with Crippen LogP contribution in [-0.2, 0) is 16.0 Å². The molecule has 0 spiro atoms. The molecule has 2 rings (SSSR count). The molecule has 2 aromatic carbocycles. The second-order valence-corrected chi connectivity index (χ2v) is 5.30. The normalized spacial score (nSPS) is 11.9. The highest BCUT2D eigenvalue weighted by Gasteiger charge is 2.19. The Labute approximate surface area is 152 Å². The second-order valence-electron chi connectivity index (χ2n) is 5.30. The molecule has 0 radical (unpaired) electrons. The van der Waals surface area contributed by atoms with Crippen LogP contribution in [0.3, 0.4) is 0 Å². The smallest absolute Gasteiger partial charge is 0.335 e. The Kier molecular flexibility index (Phi) is 6.23. The molecule has 0 bridgehead atoms. The van der Waals surface area contributed by atoms with Gasteiger partial charge in [-0.25, -0.2) is 4.79 Å². The van der Waals surface area contributed by atoms with Gasteiger partial charge in [-0.2, -0.15) is 5.11 Å². The number of hydrogen-bond acceptors (Lipinski definition) is 9. The van der Waals surface area contributed by atoms with Gasteiger partial charge in [0.15, 0.2) is 11.8 Å². The molecule has 0 saturated heterocycles. The lowest BCUT2D eigenvalue weighted by Gasteiger charge is -2.07. The summed E-state index contributed by atoms with van der Waals surface area (Å²) < 4.78 is 4.43. The number of rotatable bonds is 7. The number of ether oxygens (including phenoxy) is 1. The number of aliphatic hydroxyl groups is 1. The minimum Gasteiger partial charge on any atom is -0.467 e. The fourth-order valence-corrected chi connectivity index (χ4v) is 2.11. The van der Waals surface area contributed by atoms with Crippen LogP contribution in [0.5, 0.6) is 0 Å². The third-order valence-corrected chi connectivity index (χ3v) is 3.48. The topological polar surface area (TPSA) is 158 Å². The van der Waals surface area contributed by atoms with Gasteiger partial charge in [0, 0.05) is 12.5 Å². The number of nitro groups is 2. The van der Waals surface area contributed by atoms with E-state index in [2.05, 4.69) is 15.0 Å². The Morgan fingerprint density at radius 2 is 1.78 bits per heavy atom. The van der Waals surface area contributed by atoms with Crippen LogP contribution < -0.4 is 0 Å². The monoisotopic (exact) mass is 374 g/mol. The SMILES string of the molecule is COC(=O)[C@H](O)Cc1ccc(N=Nc2ccc([N+](=O)[O-])cc2[N+](=O)[O-])cc1.